The van der Waals surface area contributed by atoms with Gasteiger partial charge in [-0.3, -0.25) is 0 Å². The van der Waals surface area contributed by atoms with Crippen molar-refractivity contribution in [3.8, 4) is 0 Å². The number of benzene rings is 4. The van der Waals surface area contributed by atoms with E-state index in [0.717, 1.165) is 34.4 Å². The molecule has 1 aliphatic rings. The summed E-state index contributed by atoms with van der Waals surface area (Å²) in [6, 6.07) is 21.9. The van der Waals surface area contributed by atoms with E-state index in [2.05, 4.69) is 10.3 Å². The zero-order valence-electron chi connectivity index (χ0n) is 24.0. The van der Waals surface area contributed by atoms with Crippen molar-refractivity contribution in [1.82, 2.24) is 0 Å². The Morgan fingerprint density at radius 3 is 1.55 bits per heavy atom. The van der Waals surface area contributed by atoms with Crippen molar-refractivity contribution in [3.63, 3.8) is 0 Å². The van der Waals surface area contributed by atoms with Gasteiger partial charge in [-0.2, -0.15) is 0 Å². The molecule has 4 aromatic carbocycles. The number of aliphatic imine (C=N–C) groups is 1. The van der Waals surface area contributed by atoms with Crippen LogP contribution in [0.2, 0.25) is 5.02 Å². The molecule has 0 aliphatic heterocycles. The van der Waals surface area contributed by atoms with Gasteiger partial charge in [0.05, 0.1) is 33.7 Å². The maximum Gasteiger partial charge on any atom is 0.335 e. The van der Waals surface area contributed by atoms with E-state index >= 15 is 0 Å². The molecule has 0 radical (unpaired) electrons. The number of nitrogens with one attached hydrogen (secondary N) is 1. The molecule has 236 valence electrons. The van der Waals surface area contributed by atoms with Crippen LogP contribution in [0.1, 0.15) is 52.6 Å². The Morgan fingerprint density at radius 1 is 0.574 bits per heavy atom. The van der Waals surface area contributed by atoms with Gasteiger partial charge in [-0.05, 0) is 83.5 Å². The van der Waals surface area contributed by atoms with Gasteiger partial charge in [-0.15, -0.1) is 12.4 Å². The molecule has 5 N–H and O–H groups in total. The highest BCUT2D eigenvalue weighted by Gasteiger charge is 2.16. The summed E-state index contributed by atoms with van der Waals surface area (Å²) in [5.74, 6) is -5.04. The molecule has 0 unspecified atom stereocenters. The number of carboxylic acids is 4. The second-order valence-corrected chi connectivity index (χ2v) is 10.4. The lowest BCUT2D eigenvalue weighted by molar-refractivity contribution is 0.0676. The first-order valence-corrected chi connectivity index (χ1v) is 13.9. The summed E-state index contributed by atoms with van der Waals surface area (Å²) in [5.41, 5.74) is 3.88. The van der Waals surface area contributed by atoms with E-state index in [9.17, 15) is 39.6 Å². The van der Waals surface area contributed by atoms with Crippen LogP contribution in [0.4, 0.5) is 17.1 Å². The third-order valence-corrected chi connectivity index (χ3v) is 7.19. The van der Waals surface area contributed by atoms with Crippen molar-refractivity contribution < 1.29 is 39.6 Å². The highest BCUT2D eigenvalue weighted by Crippen LogP contribution is 2.35. The molecule has 5 rings (SSSR count). The lowest BCUT2D eigenvalue weighted by Crippen LogP contribution is -2.04. The van der Waals surface area contributed by atoms with Gasteiger partial charge in [0.25, 0.3) is 0 Å². The number of carboxylic acid groups (broad SMARTS) is 4. The minimum atomic E-state index is -1.27. The molecule has 0 atom stereocenters. The van der Waals surface area contributed by atoms with Crippen LogP contribution >= 0.6 is 24.0 Å². The Balaban J connectivity index is 0.00000500. The number of nitrogens with zero attached hydrogens (tertiary/aromatic N) is 1. The molecule has 12 heteroatoms. The quantitative estimate of drug-likeness (QED) is 0.118. The summed E-state index contributed by atoms with van der Waals surface area (Å²) in [6.45, 7) is 0. The van der Waals surface area contributed by atoms with E-state index in [-0.39, 0.29) is 40.3 Å². The number of allylic oxidation sites excluding steroid dienone is 5. The topological polar surface area (TPSA) is 174 Å². The van der Waals surface area contributed by atoms with Gasteiger partial charge in [0.1, 0.15) is 0 Å². The summed E-state index contributed by atoms with van der Waals surface area (Å²) in [5, 5.41) is 41.1. The molecule has 10 nitrogen and oxygen atoms in total. The van der Waals surface area contributed by atoms with Crippen LogP contribution in [0.3, 0.4) is 0 Å². The lowest BCUT2D eigenvalue weighted by Gasteiger charge is -2.16. The minimum Gasteiger partial charge on any atom is -0.478 e. The number of halogens is 2. The van der Waals surface area contributed by atoms with E-state index in [1.165, 1.54) is 24.3 Å². The van der Waals surface area contributed by atoms with Gasteiger partial charge in [0, 0.05) is 22.0 Å². The van der Waals surface area contributed by atoms with Crippen LogP contribution < -0.4 is 5.32 Å². The third kappa shape index (κ3) is 8.01. The number of hydrogen-bond acceptors (Lipinski definition) is 6. The first-order chi connectivity index (χ1) is 22.0. The van der Waals surface area contributed by atoms with Crippen molar-refractivity contribution in [2.45, 2.75) is 0 Å². The summed E-state index contributed by atoms with van der Waals surface area (Å²) >= 11 is 6.61. The van der Waals surface area contributed by atoms with Crippen LogP contribution in [0.25, 0.3) is 5.57 Å². The Labute approximate surface area is 278 Å². The Kier molecular flexibility index (Phi) is 10.4. The Morgan fingerprint density at radius 2 is 1.06 bits per heavy atom. The van der Waals surface area contributed by atoms with Crippen LogP contribution in [-0.2, 0) is 0 Å². The van der Waals surface area contributed by atoms with Crippen LogP contribution in [-0.4, -0.2) is 50.0 Å². The highest BCUT2D eigenvalue weighted by atomic mass is 35.5. The molecule has 1 aliphatic carbocycles. The molecule has 0 bridgehead atoms. The molecular weight excluding hydrogens is 647 g/mol. The second-order valence-electron chi connectivity index (χ2n) is 10.0. The molecule has 0 saturated carbocycles. The fourth-order valence-corrected chi connectivity index (χ4v) is 4.98. The molecule has 0 amide bonds. The standard InChI is InChI=1S/C35H23ClN2O8.ClH/c36-30-4-2-1-3-29(30)31(19-5-9-25(10-6-19)37-27-15-21(32(39)40)13-22(16-27)33(41)42)20-7-11-26(12-8-20)38-28-17-23(34(43)44)14-24(18-28)35(45)46;/h1-18,37H,(H,39,40)(H,41,42)(H,43,44)(H,45,46);1H. The molecule has 4 aromatic rings. The van der Waals surface area contributed by atoms with Crippen molar-refractivity contribution >= 4 is 76.2 Å². The number of hydrogen-bond donors (Lipinski definition) is 5. The fraction of sp³-hybridized carbons (Fsp3) is 0. The first-order valence-electron chi connectivity index (χ1n) is 13.5. The van der Waals surface area contributed by atoms with Crippen molar-refractivity contribution in [2.75, 3.05) is 5.32 Å². The first kappa shape index (κ1) is 33.9. The van der Waals surface area contributed by atoms with E-state index < -0.39 is 23.9 Å². The number of aromatic carboxylic acids is 4. The lowest BCUT2D eigenvalue weighted by atomic mass is 9.90. The van der Waals surface area contributed by atoms with Gasteiger partial charge in [0.15, 0.2) is 0 Å². The van der Waals surface area contributed by atoms with Gasteiger partial charge in [0.2, 0.25) is 0 Å². The molecule has 0 fully saturated rings. The minimum absolute atomic E-state index is 0. The number of carbonyl (C=O) groups is 4. The third-order valence-electron chi connectivity index (χ3n) is 6.86. The second kappa shape index (κ2) is 14.4. The van der Waals surface area contributed by atoms with Crippen molar-refractivity contribution in [1.29, 1.82) is 0 Å². The molecule has 47 heavy (non-hydrogen) atoms. The highest BCUT2D eigenvalue weighted by molar-refractivity contribution is 6.32. The number of rotatable bonds is 9. The van der Waals surface area contributed by atoms with E-state index in [1.807, 2.05) is 42.5 Å². The predicted octanol–water partition coefficient (Wildman–Crippen LogP) is 8.00. The molecule has 0 aromatic heterocycles. The van der Waals surface area contributed by atoms with Gasteiger partial charge in [-0.1, -0.05) is 54.1 Å². The van der Waals surface area contributed by atoms with Crippen LogP contribution in [0.5, 0.6) is 0 Å². The van der Waals surface area contributed by atoms with Crippen LogP contribution in [0, 0.1) is 0 Å². The fourth-order valence-electron chi connectivity index (χ4n) is 4.75. The average Bonchev–Trinajstić information content (AvgIpc) is 3.03. The Bertz CT molecular complexity index is 1960. The summed E-state index contributed by atoms with van der Waals surface area (Å²) in [7, 11) is 0. The van der Waals surface area contributed by atoms with Gasteiger partial charge in [-0.25, -0.2) is 24.2 Å². The zero-order chi connectivity index (χ0) is 33.0. The monoisotopic (exact) mass is 670 g/mol. The molecule has 0 spiro atoms. The smallest absolute Gasteiger partial charge is 0.335 e. The van der Waals surface area contributed by atoms with Crippen molar-refractivity contribution in [3.05, 3.63) is 153 Å². The number of anilines is 2. The maximum atomic E-state index is 11.5. The SMILES string of the molecule is Cl.O=C(O)c1cc(N=C2C=CC(=C(c3ccc(Nc4cc(C(=O)O)cc(C(=O)O)c4)cc3)c3ccccc3Cl)C=C2)cc(C(=O)O)c1. The molecule has 0 heterocycles. The summed E-state index contributed by atoms with van der Waals surface area (Å²) in [4.78, 5) is 50.4. The van der Waals surface area contributed by atoms with E-state index in [4.69, 9.17) is 11.6 Å². The predicted molar refractivity (Wildman–Crippen MR) is 181 cm³/mol. The Hall–Kier alpha value is -5.97. The maximum absolute atomic E-state index is 11.5. The van der Waals surface area contributed by atoms with Crippen molar-refractivity contribution in [2.24, 2.45) is 4.99 Å². The zero-order valence-corrected chi connectivity index (χ0v) is 25.6. The summed E-state index contributed by atoms with van der Waals surface area (Å²) < 4.78 is 0. The van der Waals surface area contributed by atoms with Crippen LogP contribution in [0.15, 0.2) is 120 Å². The van der Waals surface area contributed by atoms with Gasteiger partial charge >= 0.3 is 23.9 Å². The normalized spacial score (nSPS) is 11.8. The largest absolute Gasteiger partial charge is 0.478 e. The molecule has 0 saturated heterocycles. The van der Waals surface area contributed by atoms with Gasteiger partial charge < -0.3 is 25.7 Å². The van der Waals surface area contributed by atoms with E-state index in [0.29, 0.717) is 22.1 Å². The average molecular weight is 671 g/mol. The summed E-state index contributed by atoms with van der Waals surface area (Å²) in [6.07, 6.45) is 7.05. The molecular formula is C35H24Cl2N2O8. The van der Waals surface area contributed by atoms with E-state index in [1.54, 1.807) is 30.4 Å².